The Morgan fingerprint density at radius 1 is 1.13 bits per heavy atom. The van der Waals surface area contributed by atoms with Crippen molar-refractivity contribution in [1.29, 1.82) is 0 Å². The number of hydrogen-bond donors (Lipinski definition) is 1. The van der Waals surface area contributed by atoms with Crippen molar-refractivity contribution in [2.24, 2.45) is 5.92 Å². The van der Waals surface area contributed by atoms with Crippen LogP contribution in [0.4, 0.5) is 0 Å². The molecule has 0 aromatic rings. The third-order valence-corrected chi connectivity index (χ3v) is 2.54. The number of nitrogens with one attached hydrogen (secondary N) is 1. The summed E-state index contributed by atoms with van der Waals surface area (Å²) in [5, 5.41) is 2.97. The van der Waals surface area contributed by atoms with Gasteiger partial charge in [0, 0.05) is 13.0 Å². The van der Waals surface area contributed by atoms with Gasteiger partial charge in [-0.25, -0.2) is 0 Å². The molecule has 0 unspecified atom stereocenters. The summed E-state index contributed by atoms with van der Waals surface area (Å²) < 4.78 is 0. The van der Waals surface area contributed by atoms with Gasteiger partial charge in [0.15, 0.2) is 0 Å². The molecular weight excluding hydrogens is 186 g/mol. The Kier molecular flexibility index (Phi) is 9.65. The van der Waals surface area contributed by atoms with Crippen LogP contribution in [-0.2, 0) is 4.79 Å². The maximum Gasteiger partial charge on any atom is 0.219 e. The van der Waals surface area contributed by atoms with Crippen LogP contribution in [0.1, 0.15) is 65.7 Å². The van der Waals surface area contributed by atoms with Crippen molar-refractivity contribution in [2.75, 3.05) is 6.54 Å². The van der Waals surface area contributed by atoms with Crippen molar-refractivity contribution >= 4 is 5.91 Å². The van der Waals surface area contributed by atoms with E-state index in [0.29, 0.717) is 6.42 Å². The van der Waals surface area contributed by atoms with Gasteiger partial charge >= 0.3 is 0 Å². The highest BCUT2D eigenvalue weighted by atomic mass is 16.1. The number of carbonyl (C=O) groups is 1. The number of unbranched alkanes of at least 4 members (excludes halogenated alkanes) is 3. The van der Waals surface area contributed by atoms with Crippen LogP contribution in [0.5, 0.6) is 0 Å². The second-order valence-corrected chi connectivity index (χ2v) is 4.70. The van der Waals surface area contributed by atoms with Gasteiger partial charge in [-0.2, -0.15) is 0 Å². The number of carbonyl (C=O) groups excluding carboxylic acids is 1. The van der Waals surface area contributed by atoms with E-state index < -0.39 is 0 Å². The van der Waals surface area contributed by atoms with Crippen LogP contribution in [0.2, 0.25) is 0 Å². The Labute approximate surface area is 94.8 Å². The average molecular weight is 213 g/mol. The summed E-state index contributed by atoms with van der Waals surface area (Å²) in [6.07, 6.45) is 7.78. The Morgan fingerprint density at radius 2 is 1.87 bits per heavy atom. The monoisotopic (exact) mass is 213 g/mol. The number of amides is 1. The van der Waals surface area contributed by atoms with E-state index >= 15 is 0 Å². The largest absolute Gasteiger partial charge is 0.356 e. The molecule has 0 fully saturated rings. The second-order valence-electron chi connectivity index (χ2n) is 4.70. The molecule has 0 bridgehead atoms. The summed E-state index contributed by atoms with van der Waals surface area (Å²) >= 11 is 0. The maximum atomic E-state index is 11.2. The minimum absolute atomic E-state index is 0.223. The van der Waals surface area contributed by atoms with Crippen molar-refractivity contribution < 1.29 is 4.79 Å². The summed E-state index contributed by atoms with van der Waals surface area (Å²) in [7, 11) is 0. The molecule has 0 atom stereocenters. The van der Waals surface area contributed by atoms with E-state index in [0.717, 1.165) is 31.7 Å². The Morgan fingerprint density at radius 3 is 2.47 bits per heavy atom. The molecule has 1 amide bonds. The fraction of sp³-hybridized carbons (Fsp3) is 0.923. The number of hydrogen-bond acceptors (Lipinski definition) is 1. The van der Waals surface area contributed by atoms with E-state index in [9.17, 15) is 4.79 Å². The van der Waals surface area contributed by atoms with E-state index in [-0.39, 0.29) is 5.91 Å². The lowest BCUT2D eigenvalue weighted by Crippen LogP contribution is -2.23. The lowest BCUT2D eigenvalue weighted by atomic mass is 10.1. The topological polar surface area (TPSA) is 29.1 Å². The summed E-state index contributed by atoms with van der Waals surface area (Å²) in [5.74, 6) is 1.03. The molecule has 0 aliphatic rings. The summed E-state index contributed by atoms with van der Waals surface area (Å²) in [6.45, 7) is 7.49. The first-order valence-electron chi connectivity index (χ1n) is 6.43. The smallest absolute Gasteiger partial charge is 0.219 e. The van der Waals surface area contributed by atoms with Crippen LogP contribution in [0, 0.1) is 5.92 Å². The van der Waals surface area contributed by atoms with Crippen LogP contribution in [0.3, 0.4) is 0 Å². The van der Waals surface area contributed by atoms with Gasteiger partial charge in [-0.1, -0.05) is 46.5 Å². The fourth-order valence-corrected chi connectivity index (χ4v) is 1.51. The molecule has 0 aromatic carbocycles. The highest BCUT2D eigenvalue weighted by Gasteiger charge is 1.99. The van der Waals surface area contributed by atoms with Gasteiger partial charge in [-0.3, -0.25) is 4.79 Å². The highest BCUT2D eigenvalue weighted by Crippen LogP contribution is 2.07. The Balaban J connectivity index is 3.13. The molecule has 0 saturated heterocycles. The van der Waals surface area contributed by atoms with E-state index in [1.165, 1.54) is 19.3 Å². The molecule has 90 valence electrons. The molecule has 1 N–H and O–H groups in total. The van der Waals surface area contributed by atoms with Crippen molar-refractivity contribution in [1.82, 2.24) is 5.32 Å². The number of rotatable bonds is 9. The minimum Gasteiger partial charge on any atom is -0.356 e. The predicted molar refractivity (Wildman–Crippen MR) is 65.8 cm³/mol. The van der Waals surface area contributed by atoms with Crippen molar-refractivity contribution in [3.8, 4) is 0 Å². The first-order chi connectivity index (χ1) is 7.16. The SMILES string of the molecule is CCCCC(=O)NCCCCCC(C)C. The van der Waals surface area contributed by atoms with Gasteiger partial charge in [0.1, 0.15) is 0 Å². The molecular formula is C13H27NO. The van der Waals surface area contributed by atoms with Crippen molar-refractivity contribution in [3.63, 3.8) is 0 Å². The van der Waals surface area contributed by atoms with Crippen molar-refractivity contribution in [2.45, 2.75) is 65.7 Å². The molecule has 0 aliphatic heterocycles. The Hall–Kier alpha value is -0.530. The lowest BCUT2D eigenvalue weighted by Gasteiger charge is -2.06. The molecule has 0 radical (unpaired) electrons. The highest BCUT2D eigenvalue weighted by molar-refractivity contribution is 5.75. The van der Waals surface area contributed by atoms with Crippen LogP contribution in [0.25, 0.3) is 0 Å². The maximum absolute atomic E-state index is 11.2. The van der Waals surface area contributed by atoms with Crippen LogP contribution in [-0.4, -0.2) is 12.5 Å². The molecule has 0 aromatic heterocycles. The third kappa shape index (κ3) is 11.4. The molecule has 0 saturated carbocycles. The first-order valence-corrected chi connectivity index (χ1v) is 6.43. The standard InChI is InChI=1S/C13H27NO/c1-4-5-10-13(15)14-11-8-6-7-9-12(2)3/h12H,4-11H2,1-3H3,(H,14,15). The zero-order valence-corrected chi connectivity index (χ0v) is 10.6. The van der Waals surface area contributed by atoms with Gasteiger partial charge in [0.25, 0.3) is 0 Å². The van der Waals surface area contributed by atoms with Crippen LogP contribution >= 0.6 is 0 Å². The third-order valence-electron chi connectivity index (χ3n) is 2.54. The van der Waals surface area contributed by atoms with Gasteiger partial charge < -0.3 is 5.32 Å². The molecule has 2 nitrogen and oxygen atoms in total. The normalized spacial score (nSPS) is 10.7. The van der Waals surface area contributed by atoms with Gasteiger partial charge in [-0.15, -0.1) is 0 Å². The summed E-state index contributed by atoms with van der Waals surface area (Å²) in [4.78, 5) is 11.2. The first kappa shape index (κ1) is 14.5. The molecule has 0 aliphatic carbocycles. The van der Waals surface area contributed by atoms with E-state index in [2.05, 4.69) is 26.1 Å². The lowest BCUT2D eigenvalue weighted by molar-refractivity contribution is -0.121. The fourth-order valence-electron chi connectivity index (χ4n) is 1.51. The predicted octanol–water partition coefficient (Wildman–Crippen LogP) is 3.51. The zero-order chi connectivity index (χ0) is 11.5. The van der Waals surface area contributed by atoms with E-state index in [4.69, 9.17) is 0 Å². The summed E-state index contributed by atoms with van der Waals surface area (Å²) in [6, 6.07) is 0. The zero-order valence-electron chi connectivity index (χ0n) is 10.6. The second kappa shape index (κ2) is 10.0. The summed E-state index contributed by atoms with van der Waals surface area (Å²) in [5.41, 5.74) is 0. The van der Waals surface area contributed by atoms with E-state index in [1.54, 1.807) is 0 Å². The van der Waals surface area contributed by atoms with Crippen molar-refractivity contribution in [3.05, 3.63) is 0 Å². The molecule has 0 spiro atoms. The quantitative estimate of drug-likeness (QED) is 0.583. The average Bonchev–Trinajstić information content (AvgIpc) is 2.19. The van der Waals surface area contributed by atoms with Gasteiger partial charge in [0.05, 0.1) is 0 Å². The molecule has 2 heteroatoms. The van der Waals surface area contributed by atoms with Crippen LogP contribution in [0.15, 0.2) is 0 Å². The van der Waals surface area contributed by atoms with Crippen LogP contribution < -0.4 is 5.32 Å². The van der Waals surface area contributed by atoms with Gasteiger partial charge in [0.2, 0.25) is 5.91 Å². The minimum atomic E-state index is 0.223. The van der Waals surface area contributed by atoms with E-state index in [1.807, 2.05) is 0 Å². The molecule has 0 heterocycles. The molecule has 0 rings (SSSR count). The Bertz CT molecular complexity index is 155. The van der Waals surface area contributed by atoms with Gasteiger partial charge in [-0.05, 0) is 18.8 Å². The molecule has 15 heavy (non-hydrogen) atoms.